The van der Waals surface area contributed by atoms with Crippen molar-refractivity contribution in [1.82, 2.24) is 4.90 Å². The Hall–Kier alpha value is -2.34. The van der Waals surface area contributed by atoms with E-state index in [0.29, 0.717) is 26.3 Å². The van der Waals surface area contributed by atoms with Crippen molar-refractivity contribution in [2.75, 3.05) is 26.3 Å². The molecule has 0 spiro atoms. The molecule has 0 aromatic heterocycles. The maximum atomic E-state index is 12.1. The molecule has 2 rings (SSSR count). The van der Waals surface area contributed by atoms with Crippen molar-refractivity contribution in [3.63, 3.8) is 0 Å². The number of carbonyl (C=O) groups is 2. The van der Waals surface area contributed by atoms with Crippen LogP contribution in [0.15, 0.2) is 42.5 Å². The minimum atomic E-state index is -0.417. The second-order valence-electron chi connectivity index (χ2n) is 5.01. The van der Waals surface area contributed by atoms with Crippen molar-refractivity contribution in [2.45, 2.75) is 19.6 Å². The number of ether oxygens (including phenoxy) is 3. The van der Waals surface area contributed by atoms with Crippen LogP contribution in [0.5, 0.6) is 0 Å². The number of esters is 1. The van der Waals surface area contributed by atoms with Gasteiger partial charge in [0.05, 0.1) is 25.9 Å². The lowest BCUT2D eigenvalue weighted by atomic mass is 10.2. The summed E-state index contributed by atoms with van der Waals surface area (Å²) in [6.07, 6.45) is 2.21. The molecule has 1 saturated heterocycles. The third-order valence-corrected chi connectivity index (χ3v) is 3.29. The number of carbonyl (C=O) groups excluding carboxylic acids is 2. The highest BCUT2D eigenvalue weighted by Gasteiger charge is 2.24. The van der Waals surface area contributed by atoms with E-state index in [0.717, 1.165) is 5.56 Å². The van der Waals surface area contributed by atoms with Gasteiger partial charge in [0.25, 0.3) is 0 Å². The molecule has 1 heterocycles. The van der Waals surface area contributed by atoms with Crippen molar-refractivity contribution < 1.29 is 23.8 Å². The highest BCUT2D eigenvalue weighted by molar-refractivity contribution is 5.82. The van der Waals surface area contributed by atoms with Crippen LogP contribution < -0.4 is 0 Å². The van der Waals surface area contributed by atoms with Crippen LogP contribution >= 0.6 is 0 Å². The summed E-state index contributed by atoms with van der Waals surface area (Å²) in [4.78, 5) is 25.0. The van der Waals surface area contributed by atoms with Crippen molar-refractivity contribution >= 4 is 12.1 Å². The normalized spacial score (nSPS) is 18.0. The molecule has 0 N–H and O–H groups in total. The first-order chi connectivity index (χ1) is 11.2. The van der Waals surface area contributed by atoms with Crippen molar-refractivity contribution in [2.24, 2.45) is 0 Å². The zero-order valence-corrected chi connectivity index (χ0v) is 13.1. The highest BCUT2D eigenvalue weighted by atomic mass is 16.6. The van der Waals surface area contributed by atoms with E-state index in [1.54, 1.807) is 17.9 Å². The summed E-state index contributed by atoms with van der Waals surface area (Å²) in [5.41, 5.74) is 0.938. The number of amides is 1. The standard InChI is InChI=1S/C17H21NO5/c1-2-21-16(19)9-8-15-12-18(10-11-22-15)17(20)23-13-14-6-4-3-5-7-14/h3-9,15H,2,10-13H2,1H3/b9-8+/t15-/m1/s1. The SMILES string of the molecule is CCOC(=O)/C=C/[C@@H]1CN(C(=O)OCc2ccccc2)CCO1. The van der Waals surface area contributed by atoms with Gasteiger partial charge in [-0.15, -0.1) is 0 Å². The van der Waals surface area contributed by atoms with E-state index in [4.69, 9.17) is 14.2 Å². The summed E-state index contributed by atoms with van der Waals surface area (Å²) in [7, 11) is 0. The van der Waals surface area contributed by atoms with Crippen LogP contribution in [0.25, 0.3) is 0 Å². The molecule has 0 aliphatic carbocycles. The first-order valence-corrected chi connectivity index (χ1v) is 7.61. The fourth-order valence-corrected chi connectivity index (χ4v) is 2.14. The number of rotatable bonds is 5. The molecule has 6 nitrogen and oxygen atoms in total. The van der Waals surface area contributed by atoms with Gasteiger partial charge in [-0.1, -0.05) is 30.3 Å². The van der Waals surface area contributed by atoms with E-state index in [1.165, 1.54) is 6.08 Å². The molecule has 1 atom stereocenters. The van der Waals surface area contributed by atoms with Gasteiger partial charge in [-0.3, -0.25) is 0 Å². The molecule has 0 unspecified atom stereocenters. The zero-order chi connectivity index (χ0) is 16.5. The largest absolute Gasteiger partial charge is 0.463 e. The molecular formula is C17H21NO5. The van der Waals surface area contributed by atoms with E-state index < -0.39 is 5.97 Å². The zero-order valence-electron chi connectivity index (χ0n) is 13.1. The molecule has 6 heteroatoms. The van der Waals surface area contributed by atoms with E-state index in [2.05, 4.69) is 0 Å². The van der Waals surface area contributed by atoms with Gasteiger partial charge in [0.2, 0.25) is 0 Å². The summed E-state index contributed by atoms with van der Waals surface area (Å²) in [5.74, 6) is -0.417. The summed E-state index contributed by atoms with van der Waals surface area (Å²) in [6.45, 7) is 3.53. The Morgan fingerprint density at radius 2 is 2.09 bits per heavy atom. The topological polar surface area (TPSA) is 65.1 Å². The van der Waals surface area contributed by atoms with Gasteiger partial charge in [0.15, 0.2) is 0 Å². The molecule has 1 aliphatic rings. The third kappa shape index (κ3) is 5.75. The highest BCUT2D eigenvalue weighted by Crippen LogP contribution is 2.10. The summed E-state index contributed by atoms with van der Waals surface area (Å²) >= 11 is 0. The van der Waals surface area contributed by atoms with Gasteiger partial charge in [0.1, 0.15) is 6.61 Å². The summed E-state index contributed by atoms with van der Waals surface area (Å²) in [5, 5.41) is 0. The van der Waals surface area contributed by atoms with Gasteiger partial charge in [-0.2, -0.15) is 0 Å². The van der Waals surface area contributed by atoms with E-state index >= 15 is 0 Å². The Kier molecular flexibility index (Phi) is 6.62. The maximum Gasteiger partial charge on any atom is 0.410 e. The summed E-state index contributed by atoms with van der Waals surface area (Å²) in [6, 6.07) is 9.50. The molecule has 1 amide bonds. The van der Waals surface area contributed by atoms with Crippen LogP contribution in [-0.4, -0.2) is 49.4 Å². The molecule has 0 bridgehead atoms. The Morgan fingerprint density at radius 1 is 1.30 bits per heavy atom. The van der Waals surface area contributed by atoms with Gasteiger partial charge in [-0.25, -0.2) is 9.59 Å². The third-order valence-electron chi connectivity index (χ3n) is 3.29. The fraction of sp³-hybridized carbons (Fsp3) is 0.412. The van der Waals surface area contributed by atoms with Gasteiger partial charge in [-0.05, 0) is 18.6 Å². The van der Waals surface area contributed by atoms with E-state index in [1.807, 2.05) is 30.3 Å². The molecule has 1 fully saturated rings. The van der Waals surface area contributed by atoms with Crippen LogP contribution in [0, 0.1) is 0 Å². The van der Waals surface area contributed by atoms with Crippen LogP contribution in [0.3, 0.4) is 0 Å². The Morgan fingerprint density at radius 3 is 2.83 bits per heavy atom. The molecule has 124 valence electrons. The van der Waals surface area contributed by atoms with Gasteiger partial charge in [0, 0.05) is 12.6 Å². The van der Waals surface area contributed by atoms with Gasteiger partial charge >= 0.3 is 12.1 Å². The Bertz CT molecular complexity index is 543. The predicted octanol–water partition coefficient (Wildman–Crippen LogP) is 2.14. The number of benzene rings is 1. The summed E-state index contributed by atoms with van der Waals surface area (Å²) < 4.78 is 15.6. The van der Waals surface area contributed by atoms with Crippen molar-refractivity contribution in [3.05, 3.63) is 48.0 Å². The Labute approximate surface area is 135 Å². The fourth-order valence-electron chi connectivity index (χ4n) is 2.14. The Balaban J connectivity index is 1.80. The first-order valence-electron chi connectivity index (χ1n) is 7.61. The lowest BCUT2D eigenvalue weighted by Gasteiger charge is -2.30. The first kappa shape index (κ1) is 17.0. The minimum absolute atomic E-state index is 0.236. The minimum Gasteiger partial charge on any atom is -0.463 e. The average molecular weight is 319 g/mol. The van der Waals surface area contributed by atoms with Crippen LogP contribution in [0.1, 0.15) is 12.5 Å². The molecule has 1 aromatic carbocycles. The van der Waals surface area contributed by atoms with E-state index in [9.17, 15) is 9.59 Å². The van der Waals surface area contributed by atoms with Crippen molar-refractivity contribution in [3.8, 4) is 0 Å². The smallest absolute Gasteiger partial charge is 0.410 e. The second-order valence-corrected chi connectivity index (χ2v) is 5.01. The average Bonchev–Trinajstić information content (AvgIpc) is 2.59. The van der Waals surface area contributed by atoms with Crippen LogP contribution in [0.4, 0.5) is 4.79 Å². The number of hydrogen-bond donors (Lipinski definition) is 0. The maximum absolute atomic E-state index is 12.1. The molecule has 0 radical (unpaired) electrons. The lowest BCUT2D eigenvalue weighted by Crippen LogP contribution is -2.45. The number of nitrogens with zero attached hydrogens (tertiary/aromatic N) is 1. The quantitative estimate of drug-likeness (QED) is 0.614. The van der Waals surface area contributed by atoms with Crippen LogP contribution in [-0.2, 0) is 25.6 Å². The molecule has 23 heavy (non-hydrogen) atoms. The van der Waals surface area contributed by atoms with Gasteiger partial charge < -0.3 is 19.1 Å². The lowest BCUT2D eigenvalue weighted by molar-refractivity contribution is -0.137. The van der Waals surface area contributed by atoms with Crippen molar-refractivity contribution in [1.29, 1.82) is 0 Å². The van der Waals surface area contributed by atoms with E-state index in [-0.39, 0.29) is 18.8 Å². The second kappa shape index (κ2) is 8.95. The monoisotopic (exact) mass is 319 g/mol. The number of hydrogen-bond acceptors (Lipinski definition) is 5. The molecule has 1 aromatic rings. The predicted molar refractivity (Wildman–Crippen MR) is 83.7 cm³/mol. The molecular weight excluding hydrogens is 298 g/mol. The molecule has 1 aliphatic heterocycles. The molecule has 0 saturated carbocycles. The number of morpholine rings is 1. The van der Waals surface area contributed by atoms with Crippen LogP contribution in [0.2, 0.25) is 0 Å².